The molecule has 6 nitrogen and oxygen atoms in total. The molecule has 0 atom stereocenters. The van der Waals surface area contributed by atoms with E-state index in [4.69, 9.17) is 0 Å². The highest BCUT2D eigenvalue weighted by atomic mass is 16.1. The molecule has 0 N–H and O–H groups in total. The minimum Gasteiger partial charge on any atom is -0.295 e. The maximum Gasteiger partial charge on any atom is 0.281 e. The summed E-state index contributed by atoms with van der Waals surface area (Å²) in [5.74, 6) is 0.996. The van der Waals surface area contributed by atoms with Gasteiger partial charge in [0.1, 0.15) is 5.48 Å². The van der Waals surface area contributed by atoms with Crippen LogP contribution in [0.5, 0.6) is 0 Å². The average molecular weight is 295 g/mol. The minimum atomic E-state index is -0.213. The maximum atomic E-state index is 12.5. The van der Waals surface area contributed by atoms with Crippen molar-refractivity contribution in [3.8, 4) is 0 Å². The molecule has 1 aromatic carbocycles. The van der Waals surface area contributed by atoms with Crippen LogP contribution in [0.3, 0.4) is 0 Å². The van der Waals surface area contributed by atoms with E-state index < -0.39 is 0 Å². The third-order valence-electron chi connectivity index (χ3n) is 3.70. The highest BCUT2D eigenvalue weighted by molar-refractivity contribution is 6.01. The van der Waals surface area contributed by atoms with E-state index >= 15 is 0 Å². The minimum absolute atomic E-state index is 0.213. The van der Waals surface area contributed by atoms with E-state index in [0.717, 1.165) is 11.1 Å². The van der Waals surface area contributed by atoms with Gasteiger partial charge in [-0.3, -0.25) is 9.36 Å². The molecule has 0 spiro atoms. The van der Waals surface area contributed by atoms with Crippen molar-refractivity contribution in [1.82, 2.24) is 9.55 Å². The van der Waals surface area contributed by atoms with Gasteiger partial charge in [0.25, 0.3) is 5.56 Å². The number of nitrogens with zero attached hydrogens (tertiary/aromatic N) is 5. The molecular formula is C16H17N5O. The second kappa shape index (κ2) is 5.22. The predicted octanol–water partition coefficient (Wildman–Crippen LogP) is 0.320. The van der Waals surface area contributed by atoms with Crippen LogP contribution >= 0.6 is 0 Å². The molecule has 22 heavy (non-hydrogen) atoms. The summed E-state index contributed by atoms with van der Waals surface area (Å²) in [5, 5.41) is 6.53. The first-order valence-electron chi connectivity index (χ1n) is 7.09. The van der Waals surface area contributed by atoms with Gasteiger partial charge in [-0.15, -0.1) is 0 Å². The lowest BCUT2D eigenvalue weighted by Crippen LogP contribution is -2.48. The van der Waals surface area contributed by atoms with Gasteiger partial charge in [-0.1, -0.05) is 30.8 Å². The first-order chi connectivity index (χ1) is 10.5. The summed E-state index contributed by atoms with van der Waals surface area (Å²) < 4.78 is 1.40. The molecule has 0 amide bonds. The first-order valence-corrected chi connectivity index (χ1v) is 7.09. The number of fused-ring (bicyclic) bond motifs is 1. The van der Waals surface area contributed by atoms with Gasteiger partial charge in [-0.2, -0.15) is 5.10 Å². The largest absolute Gasteiger partial charge is 0.295 e. The molecule has 0 saturated heterocycles. The Morgan fingerprint density at radius 3 is 2.68 bits per heavy atom. The number of aryl methyl sites for hydroxylation is 1. The average Bonchev–Trinajstić information content (AvgIpc) is 2.52. The number of aromatic nitrogens is 2. The summed E-state index contributed by atoms with van der Waals surface area (Å²) >= 11 is 0. The van der Waals surface area contributed by atoms with E-state index in [1.165, 1.54) is 4.57 Å². The number of hydrazone groups is 1. The fourth-order valence-corrected chi connectivity index (χ4v) is 2.35. The summed E-state index contributed by atoms with van der Waals surface area (Å²) in [6, 6.07) is 7.84. The van der Waals surface area contributed by atoms with E-state index in [0.29, 0.717) is 29.0 Å². The SMILES string of the molecule is C=c1nc2c(c(=O)n1C)=NC(c1ccccc1C)=NN2CC. The van der Waals surface area contributed by atoms with E-state index in [9.17, 15) is 4.79 Å². The fraction of sp³-hybridized carbons (Fsp3) is 0.250. The van der Waals surface area contributed by atoms with Gasteiger partial charge in [-0.25, -0.2) is 15.0 Å². The van der Waals surface area contributed by atoms with Gasteiger partial charge in [0, 0.05) is 19.2 Å². The molecule has 0 unspecified atom stereocenters. The molecule has 112 valence electrons. The number of rotatable bonds is 2. The summed E-state index contributed by atoms with van der Waals surface area (Å²) in [7, 11) is 1.64. The molecular weight excluding hydrogens is 278 g/mol. The van der Waals surface area contributed by atoms with E-state index in [2.05, 4.69) is 21.7 Å². The van der Waals surface area contributed by atoms with Crippen LogP contribution in [0.4, 0.5) is 5.82 Å². The van der Waals surface area contributed by atoms with Crippen LogP contribution in [0.15, 0.2) is 39.2 Å². The van der Waals surface area contributed by atoms with E-state index in [1.54, 1.807) is 12.1 Å². The highest BCUT2D eigenvalue weighted by Crippen LogP contribution is 2.14. The zero-order valence-electron chi connectivity index (χ0n) is 12.9. The third-order valence-corrected chi connectivity index (χ3v) is 3.70. The van der Waals surface area contributed by atoms with Crippen LogP contribution in [0.1, 0.15) is 18.1 Å². The second-order valence-electron chi connectivity index (χ2n) is 5.13. The quantitative estimate of drug-likeness (QED) is 0.801. The number of amidine groups is 1. The Morgan fingerprint density at radius 2 is 2.00 bits per heavy atom. The Hall–Kier alpha value is -2.76. The Balaban J connectivity index is 2.33. The van der Waals surface area contributed by atoms with Crippen molar-refractivity contribution >= 4 is 18.2 Å². The van der Waals surface area contributed by atoms with Gasteiger partial charge in [-0.05, 0) is 19.4 Å². The normalized spacial score (nSPS) is 13.4. The van der Waals surface area contributed by atoms with Crippen LogP contribution in [-0.4, -0.2) is 21.9 Å². The van der Waals surface area contributed by atoms with Crippen molar-refractivity contribution in [3.05, 3.63) is 56.6 Å². The fourth-order valence-electron chi connectivity index (χ4n) is 2.35. The lowest BCUT2D eigenvalue weighted by atomic mass is 10.1. The van der Waals surface area contributed by atoms with Gasteiger partial charge >= 0.3 is 0 Å². The molecule has 0 fully saturated rings. The lowest BCUT2D eigenvalue weighted by molar-refractivity contribution is 0.738. The molecule has 3 rings (SSSR count). The molecule has 1 aliphatic heterocycles. The van der Waals surface area contributed by atoms with Crippen LogP contribution < -0.4 is 21.4 Å². The molecule has 6 heteroatoms. The molecule has 1 aliphatic rings. The van der Waals surface area contributed by atoms with Crippen LogP contribution in [0, 0.1) is 6.92 Å². The van der Waals surface area contributed by atoms with Crippen molar-refractivity contribution in [1.29, 1.82) is 0 Å². The number of hydrogen-bond donors (Lipinski definition) is 0. The zero-order valence-corrected chi connectivity index (χ0v) is 12.9. The first kappa shape index (κ1) is 14.2. The third kappa shape index (κ3) is 2.13. The number of anilines is 1. The summed E-state index contributed by atoms with van der Waals surface area (Å²) in [5.41, 5.74) is 2.15. The topological polar surface area (TPSA) is 62.9 Å². The molecule has 0 radical (unpaired) electrons. The second-order valence-corrected chi connectivity index (χ2v) is 5.13. The molecule has 0 saturated carbocycles. The number of benzene rings is 1. The maximum absolute atomic E-state index is 12.5. The number of hydrogen-bond acceptors (Lipinski definition) is 5. The Labute approximate surface area is 127 Å². The summed E-state index contributed by atoms with van der Waals surface area (Å²) in [4.78, 5) is 21.3. The Bertz CT molecular complexity index is 942. The van der Waals surface area contributed by atoms with Gasteiger partial charge < -0.3 is 0 Å². The molecule has 0 bridgehead atoms. The van der Waals surface area contributed by atoms with Crippen LogP contribution in [0.2, 0.25) is 0 Å². The zero-order chi connectivity index (χ0) is 15.9. The van der Waals surface area contributed by atoms with Crippen molar-refractivity contribution in [2.75, 3.05) is 11.6 Å². The molecule has 2 heterocycles. The monoisotopic (exact) mass is 295 g/mol. The van der Waals surface area contributed by atoms with Crippen LogP contribution in [0.25, 0.3) is 6.58 Å². The van der Waals surface area contributed by atoms with Crippen molar-refractivity contribution in [2.24, 2.45) is 17.1 Å². The molecule has 0 aliphatic carbocycles. The smallest absolute Gasteiger partial charge is 0.281 e. The van der Waals surface area contributed by atoms with Crippen molar-refractivity contribution in [3.63, 3.8) is 0 Å². The van der Waals surface area contributed by atoms with Crippen molar-refractivity contribution in [2.45, 2.75) is 13.8 Å². The molecule has 2 aromatic rings. The van der Waals surface area contributed by atoms with Gasteiger partial charge in [0.2, 0.25) is 0 Å². The van der Waals surface area contributed by atoms with Crippen LogP contribution in [-0.2, 0) is 7.05 Å². The standard InChI is InChI=1S/C16H17N5O/c1-5-21-15-13(16(22)20(4)11(3)17-15)18-14(19-21)12-9-7-6-8-10(12)2/h6-9H,3,5H2,1-2,4H3. The van der Waals surface area contributed by atoms with Gasteiger partial charge in [0.05, 0.1) is 0 Å². The molecule has 1 aromatic heterocycles. The summed E-state index contributed by atoms with van der Waals surface area (Å²) in [6.45, 7) is 8.33. The van der Waals surface area contributed by atoms with Gasteiger partial charge in [0.15, 0.2) is 17.0 Å². The van der Waals surface area contributed by atoms with E-state index in [-0.39, 0.29) is 5.56 Å². The Morgan fingerprint density at radius 1 is 1.27 bits per heavy atom. The van der Waals surface area contributed by atoms with E-state index in [1.807, 2.05) is 38.1 Å². The lowest BCUT2D eigenvalue weighted by Gasteiger charge is -2.21. The highest BCUT2D eigenvalue weighted by Gasteiger charge is 2.20. The Kier molecular flexibility index (Phi) is 3.36. The summed E-state index contributed by atoms with van der Waals surface area (Å²) in [6.07, 6.45) is 0. The van der Waals surface area contributed by atoms with Crippen molar-refractivity contribution < 1.29 is 0 Å². The predicted molar refractivity (Wildman–Crippen MR) is 86.5 cm³/mol.